The van der Waals surface area contributed by atoms with E-state index in [2.05, 4.69) is 6.92 Å². The third kappa shape index (κ3) is 22.5. The van der Waals surface area contributed by atoms with E-state index in [1.165, 1.54) is 83.5 Å². The molecule has 0 unspecified atom stereocenters. The number of rotatable bonds is 19. The normalized spacial score (nSPS) is 11.2. The fourth-order valence-corrected chi connectivity index (χ4v) is 3.25. The number of unbranched alkanes of at least 4 members (excludes halogenated alkanes) is 15. The van der Waals surface area contributed by atoms with Crippen molar-refractivity contribution < 1.29 is 19.8 Å². The molecule has 0 aliphatic rings. The molecule has 27 heavy (non-hydrogen) atoms. The Labute approximate surface area is 209 Å². The molecule has 0 aromatic heterocycles. The van der Waals surface area contributed by atoms with Crippen LogP contribution in [0.25, 0.3) is 0 Å². The van der Waals surface area contributed by atoms with Gasteiger partial charge in [0, 0.05) is 11.6 Å². The van der Waals surface area contributed by atoms with E-state index in [-0.39, 0.29) is 57.0 Å². The molecule has 0 amide bonds. The third-order valence-electron chi connectivity index (χ3n) is 4.87. The Balaban J connectivity index is 0. The first-order valence-electron chi connectivity index (χ1n) is 10.7. The predicted molar refractivity (Wildman–Crippen MR) is 115 cm³/mol. The topological polar surface area (TPSA) is 74.6 Å². The second-order valence-electron chi connectivity index (χ2n) is 7.37. The summed E-state index contributed by atoms with van der Waals surface area (Å²) in [5.74, 6) is -2.30. The van der Waals surface area contributed by atoms with Crippen molar-refractivity contribution in [3.63, 3.8) is 0 Å². The zero-order valence-electron chi connectivity index (χ0n) is 16.8. The molecule has 0 spiro atoms. The summed E-state index contributed by atoms with van der Waals surface area (Å²) in [6, 6.07) is 0. The van der Waals surface area contributed by atoms with Crippen LogP contribution >= 0.6 is 0 Å². The number of carbonyl (C=O) groups is 2. The monoisotopic (exact) mass is 408 g/mol. The van der Waals surface area contributed by atoms with Gasteiger partial charge in [0.25, 0.3) is 0 Å². The van der Waals surface area contributed by atoms with Gasteiger partial charge in [0.15, 0.2) is 0 Å². The quantitative estimate of drug-likeness (QED) is 0.154. The first kappa shape index (κ1) is 29.5. The SMILES string of the molecule is CCCCCCCCCCCCCCCCCCC(=CC(=O)O)C(=O)O.[KH]. The molecule has 5 heteroatoms. The van der Waals surface area contributed by atoms with E-state index in [1.54, 1.807) is 0 Å². The van der Waals surface area contributed by atoms with Crippen LogP contribution in [0.1, 0.15) is 116 Å². The molecule has 0 fully saturated rings. The van der Waals surface area contributed by atoms with Crippen LogP contribution in [0, 0.1) is 0 Å². The van der Waals surface area contributed by atoms with Crippen LogP contribution in [-0.2, 0) is 9.59 Å². The van der Waals surface area contributed by atoms with Crippen LogP contribution < -0.4 is 0 Å². The van der Waals surface area contributed by atoms with Gasteiger partial charge in [0.2, 0.25) is 0 Å². The van der Waals surface area contributed by atoms with Crippen molar-refractivity contribution in [3.8, 4) is 0 Å². The van der Waals surface area contributed by atoms with Crippen molar-refractivity contribution in [2.24, 2.45) is 0 Å². The van der Waals surface area contributed by atoms with Crippen LogP contribution in [0.5, 0.6) is 0 Å². The van der Waals surface area contributed by atoms with E-state index in [0.29, 0.717) is 6.42 Å². The van der Waals surface area contributed by atoms with E-state index in [9.17, 15) is 9.59 Å². The summed E-state index contributed by atoms with van der Waals surface area (Å²) in [5, 5.41) is 17.5. The van der Waals surface area contributed by atoms with Gasteiger partial charge in [-0.1, -0.05) is 103 Å². The van der Waals surface area contributed by atoms with Gasteiger partial charge < -0.3 is 10.2 Å². The number of carboxylic acids is 2. The van der Waals surface area contributed by atoms with Crippen LogP contribution in [0.15, 0.2) is 11.6 Å². The Kier molecular flexibility index (Phi) is 24.7. The van der Waals surface area contributed by atoms with Crippen LogP contribution in [0.4, 0.5) is 0 Å². The number of hydrogen-bond donors (Lipinski definition) is 2. The van der Waals surface area contributed by atoms with Gasteiger partial charge in [0.1, 0.15) is 0 Å². The molecule has 0 atom stereocenters. The molecule has 154 valence electrons. The Morgan fingerprint density at radius 3 is 1.26 bits per heavy atom. The molecule has 0 bridgehead atoms. The summed E-state index contributed by atoms with van der Waals surface area (Å²) in [6.45, 7) is 2.26. The Hall–Kier alpha value is 0.316. The molecule has 0 aliphatic heterocycles. The van der Waals surface area contributed by atoms with Gasteiger partial charge in [-0.05, 0) is 12.8 Å². The molecule has 2 N–H and O–H groups in total. The van der Waals surface area contributed by atoms with Crippen LogP contribution in [0.3, 0.4) is 0 Å². The van der Waals surface area contributed by atoms with Crippen molar-refractivity contribution in [3.05, 3.63) is 11.6 Å². The minimum absolute atomic E-state index is 0. The van der Waals surface area contributed by atoms with Crippen LogP contribution in [-0.4, -0.2) is 73.5 Å². The van der Waals surface area contributed by atoms with Crippen molar-refractivity contribution in [2.45, 2.75) is 116 Å². The van der Waals surface area contributed by atoms with E-state index in [1.807, 2.05) is 0 Å². The van der Waals surface area contributed by atoms with Crippen molar-refractivity contribution in [1.29, 1.82) is 0 Å². The van der Waals surface area contributed by atoms with Gasteiger partial charge in [-0.25, -0.2) is 9.59 Å². The van der Waals surface area contributed by atoms with Crippen molar-refractivity contribution >= 4 is 63.3 Å². The van der Waals surface area contributed by atoms with Gasteiger partial charge in [0.05, 0.1) is 0 Å². The average Bonchev–Trinajstić information content (AvgIpc) is 2.59. The summed E-state index contributed by atoms with van der Waals surface area (Å²) in [7, 11) is 0. The molecule has 0 rings (SSSR count). The first-order chi connectivity index (χ1) is 12.6. The van der Waals surface area contributed by atoms with E-state index in [4.69, 9.17) is 10.2 Å². The second-order valence-corrected chi connectivity index (χ2v) is 7.37. The Bertz CT molecular complexity index is 394. The molecule has 0 aliphatic carbocycles. The summed E-state index contributed by atoms with van der Waals surface area (Å²) in [4.78, 5) is 21.4. The molecule has 0 saturated heterocycles. The second kappa shape index (κ2) is 22.6. The predicted octanol–water partition coefficient (Wildman–Crippen LogP) is 6.09. The zero-order valence-corrected chi connectivity index (χ0v) is 16.8. The first-order valence-corrected chi connectivity index (χ1v) is 10.7. The standard InChI is InChI=1S/C22H40O4.K.H/c1-2-3-4-5-6-7-8-9-10-11-12-13-14-15-16-17-18-20(22(25)26)19-21(23)24;;/h19H,2-18H2,1H3,(H,23,24)(H,25,26);;. The summed E-state index contributed by atoms with van der Waals surface area (Å²) >= 11 is 0. The Morgan fingerprint density at radius 2 is 0.963 bits per heavy atom. The van der Waals surface area contributed by atoms with Gasteiger partial charge >= 0.3 is 63.3 Å². The van der Waals surface area contributed by atoms with Gasteiger partial charge in [-0.2, -0.15) is 0 Å². The summed E-state index contributed by atoms with van der Waals surface area (Å²) in [5.41, 5.74) is 0.00265. The Morgan fingerprint density at radius 1 is 0.630 bits per heavy atom. The molecule has 0 aromatic rings. The fraction of sp³-hybridized carbons (Fsp3) is 0.818. The fourth-order valence-electron chi connectivity index (χ4n) is 3.25. The van der Waals surface area contributed by atoms with Crippen LogP contribution in [0.2, 0.25) is 0 Å². The molecule has 0 aromatic carbocycles. The van der Waals surface area contributed by atoms with E-state index >= 15 is 0 Å². The van der Waals surface area contributed by atoms with Gasteiger partial charge in [-0.3, -0.25) is 0 Å². The van der Waals surface area contributed by atoms with E-state index in [0.717, 1.165) is 25.3 Å². The van der Waals surface area contributed by atoms with Crippen molar-refractivity contribution in [2.75, 3.05) is 0 Å². The minimum atomic E-state index is -1.18. The molecule has 4 nitrogen and oxygen atoms in total. The maximum atomic E-state index is 10.9. The molecule has 0 radical (unpaired) electrons. The zero-order chi connectivity index (χ0) is 19.5. The van der Waals surface area contributed by atoms with Gasteiger partial charge in [-0.15, -0.1) is 0 Å². The number of aliphatic carboxylic acids is 2. The third-order valence-corrected chi connectivity index (χ3v) is 4.87. The number of hydrogen-bond acceptors (Lipinski definition) is 2. The molecular weight excluding hydrogens is 367 g/mol. The average molecular weight is 409 g/mol. The molecule has 0 saturated carbocycles. The van der Waals surface area contributed by atoms with E-state index < -0.39 is 11.9 Å². The summed E-state index contributed by atoms with van der Waals surface area (Å²) < 4.78 is 0. The maximum absolute atomic E-state index is 10.9. The summed E-state index contributed by atoms with van der Waals surface area (Å²) in [6.07, 6.45) is 21.6. The molecular formula is C22H41KO4. The van der Waals surface area contributed by atoms with Crippen molar-refractivity contribution in [1.82, 2.24) is 0 Å². The molecule has 0 heterocycles. The number of carboxylic acid groups (broad SMARTS) is 2.